The van der Waals surface area contributed by atoms with E-state index in [2.05, 4.69) is 22.1 Å². The summed E-state index contributed by atoms with van der Waals surface area (Å²) in [5, 5.41) is 3.37. The molecule has 8 rings (SSSR count). The van der Waals surface area contributed by atoms with Crippen LogP contribution in [0.3, 0.4) is 0 Å². The van der Waals surface area contributed by atoms with Crippen LogP contribution in [0.1, 0.15) is 80.3 Å². The quantitative estimate of drug-likeness (QED) is 0.156. The molecule has 0 saturated carbocycles. The average Bonchev–Trinajstić information content (AvgIpc) is 3.67. The number of furan rings is 1. The predicted molar refractivity (Wildman–Crippen MR) is 228 cm³/mol. The minimum atomic E-state index is -4.95. The van der Waals surface area contributed by atoms with Crippen LogP contribution in [0.2, 0.25) is 0 Å². The molecule has 0 atom stereocenters. The number of fused-ring (bicyclic) bond motifs is 5. The van der Waals surface area contributed by atoms with E-state index < -0.39 is 61.4 Å². The second kappa shape index (κ2) is 16.6. The van der Waals surface area contributed by atoms with Gasteiger partial charge in [-0.2, -0.15) is 13.2 Å². The van der Waals surface area contributed by atoms with E-state index in [0.717, 1.165) is 33.8 Å². The van der Waals surface area contributed by atoms with Gasteiger partial charge in [0.2, 0.25) is 0 Å². The predicted octanol–water partition coefficient (Wildman–Crippen LogP) is 14.5. The molecule has 1 radical (unpaired) electrons. The van der Waals surface area contributed by atoms with Crippen LogP contribution in [0, 0.1) is 43.5 Å². The van der Waals surface area contributed by atoms with Crippen LogP contribution >= 0.6 is 0 Å². The first-order valence-electron chi connectivity index (χ1n) is 24.6. The molecule has 7 heteroatoms. The van der Waals surface area contributed by atoms with Crippen LogP contribution in [-0.2, 0) is 32.9 Å². The summed E-state index contributed by atoms with van der Waals surface area (Å²) >= 11 is 0. The second-order valence-electron chi connectivity index (χ2n) is 15.3. The minimum absolute atomic E-state index is 0. The summed E-state index contributed by atoms with van der Waals surface area (Å²) in [6, 6.07) is 35.6. The van der Waals surface area contributed by atoms with Gasteiger partial charge < -0.3 is 14.4 Å². The zero-order valence-corrected chi connectivity index (χ0v) is 34.6. The number of rotatable bonds is 6. The van der Waals surface area contributed by atoms with Gasteiger partial charge in [0, 0.05) is 61.1 Å². The Bertz CT molecular complexity index is 3250. The largest absolute Gasteiger partial charge is 0.500 e. The molecule has 3 nitrogen and oxygen atoms in total. The fourth-order valence-electron chi connectivity index (χ4n) is 6.37. The summed E-state index contributed by atoms with van der Waals surface area (Å²) in [4.78, 5) is 8.52. The van der Waals surface area contributed by atoms with Gasteiger partial charge in [-0.25, -0.2) is 0 Å². The molecule has 0 amide bonds. The smallest absolute Gasteiger partial charge is 0.394 e. The molecule has 0 spiro atoms. The Hall–Kier alpha value is -5.10. The van der Waals surface area contributed by atoms with Crippen LogP contribution in [0.25, 0.3) is 66.4 Å². The second-order valence-corrected chi connectivity index (χ2v) is 15.3. The van der Waals surface area contributed by atoms with Crippen molar-refractivity contribution >= 4 is 32.7 Å². The van der Waals surface area contributed by atoms with Gasteiger partial charge in [0.1, 0.15) is 5.58 Å². The Labute approximate surface area is 371 Å². The summed E-state index contributed by atoms with van der Waals surface area (Å²) in [5.41, 5.74) is -1.64. The van der Waals surface area contributed by atoms with Gasteiger partial charge in [-0.15, -0.1) is 47.5 Å². The van der Waals surface area contributed by atoms with Crippen LogP contribution in [-0.4, -0.2) is 16.1 Å². The van der Waals surface area contributed by atoms with Gasteiger partial charge in [-0.3, -0.25) is 0 Å². The maximum absolute atomic E-state index is 13.9. The number of aryl methyl sites for hydroxylation is 3. The third-order valence-electron chi connectivity index (χ3n) is 9.36. The van der Waals surface area contributed by atoms with Gasteiger partial charge in [-0.05, 0) is 70.9 Å². The first-order valence-corrected chi connectivity index (χ1v) is 18.1. The molecule has 3 heterocycles. The Morgan fingerprint density at radius 1 is 0.672 bits per heavy atom. The maximum Gasteiger partial charge on any atom is 0.394 e. The SMILES string of the molecule is [2H]C([2H])([2H])c1c[c-]c(-c2cc(C([2H])([2H])C(C)(C)C)c(C([2H])([2H])[2H])cn2)cc1-c1ccccc1.[2H]C([2H])([2H])c1cnc(-c2[c-]ccc3c2oc2c4ccccc4ccc32)cc1C([2H])([2H])C(C)(C)C(F)(F)F.[Ir]. The van der Waals surface area contributed by atoms with E-state index in [9.17, 15) is 13.2 Å². The first kappa shape index (κ1) is 28.3. The standard InChI is InChI=1S/C27H21F3NO.C24H26N.Ir/c1-16-15-31-23(13-18(16)14-26(2,3)27(28,29)30)22-10-6-9-20-21-12-11-17-7-4-5-8-19(17)24(21)32-25(20)22;1-17-11-12-20(13-22(17)19-9-7-6-8-10-19)23-14-21(15-24(3,4)5)18(2)16-25-23;/h4-9,11-13,15H,14H2,1-3H3;6-11,13-14,16H,15H2,1-5H3;/q2*-1;/i1D3,14D2;1D3,2D3,15D2;. The molecule has 0 aliphatic carbocycles. The van der Waals surface area contributed by atoms with E-state index in [0.29, 0.717) is 47.4 Å². The number of alkyl halides is 3. The molecule has 0 saturated heterocycles. The van der Waals surface area contributed by atoms with Crippen LogP contribution in [0.4, 0.5) is 13.2 Å². The summed E-state index contributed by atoms with van der Waals surface area (Å²) < 4.78 is 153. The molecule has 8 aromatic rings. The van der Waals surface area contributed by atoms with E-state index in [1.54, 1.807) is 39.0 Å². The van der Waals surface area contributed by atoms with E-state index >= 15 is 0 Å². The van der Waals surface area contributed by atoms with Crippen molar-refractivity contribution in [2.24, 2.45) is 10.8 Å². The summed E-state index contributed by atoms with van der Waals surface area (Å²) in [6.07, 6.45) is -7.89. The molecule has 3 aromatic heterocycles. The topological polar surface area (TPSA) is 38.9 Å². The average molecular weight is 966 g/mol. The van der Waals surface area contributed by atoms with E-state index in [-0.39, 0.29) is 48.1 Å². The van der Waals surface area contributed by atoms with E-state index in [1.807, 2.05) is 66.7 Å². The zero-order valence-electron chi connectivity index (χ0n) is 45.2. The molecule has 0 fully saturated rings. The molecular formula is C51H47F3IrN2O-2. The maximum atomic E-state index is 13.9. The first-order chi connectivity index (χ1) is 32.2. The number of aromatic nitrogens is 2. The molecule has 0 unspecified atom stereocenters. The fraction of sp³-hybridized carbons (Fsp3) is 0.255. The third-order valence-corrected chi connectivity index (χ3v) is 9.36. The number of halogens is 3. The van der Waals surface area contributed by atoms with Crippen molar-refractivity contribution in [2.45, 2.75) is 74.1 Å². The van der Waals surface area contributed by atoms with Crippen LogP contribution in [0.15, 0.2) is 120 Å². The minimum Gasteiger partial charge on any atom is -0.500 e. The van der Waals surface area contributed by atoms with Gasteiger partial charge >= 0.3 is 6.18 Å². The number of nitrogens with zero attached hydrogens (tertiary/aromatic N) is 2. The van der Waals surface area contributed by atoms with Crippen LogP contribution in [0.5, 0.6) is 0 Å². The number of hydrogen-bond donors (Lipinski definition) is 0. The molecule has 5 aromatic carbocycles. The van der Waals surface area contributed by atoms with Crippen molar-refractivity contribution in [3.63, 3.8) is 0 Å². The van der Waals surface area contributed by atoms with Crippen molar-refractivity contribution in [1.82, 2.24) is 9.97 Å². The van der Waals surface area contributed by atoms with Crippen LogP contribution < -0.4 is 0 Å². The third kappa shape index (κ3) is 8.96. The number of benzene rings is 5. The zero-order chi connectivity index (χ0) is 51.8. The van der Waals surface area contributed by atoms with Crippen molar-refractivity contribution in [2.75, 3.05) is 0 Å². The number of pyridine rings is 2. The molecule has 0 N–H and O–H groups in total. The summed E-state index contributed by atoms with van der Waals surface area (Å²) in [6.45, 7) is -1.22. The molecule has 0 bridgehead atoms. The van der Waals surface area contributed by atoms with E-state index in [4.69, 9.17) is 22.2 Å². The van der Waals surface area contributed by atoms with E-state index in [1.165, 1.54) is 18.3 Å². The van der Waals surface area contributed by atoms with Crippen molar-refractivity contribution in [1.29, 1.82) is 0 Å². The molecule has 0 aliphatic rings. The van der Waals surface area contributed by atoms with Gasteiger partial charge in [-0.1, -0.05) is 142 Å². The monoisotopic (exact) mass is 966 g/mol. The normalized spacial score (nSPS) is 16.5. The molecule has 0 aliphatic heterocycles. The van der Waals surface area contributed by atoms with Crippen molar-refractivity contribution in [3.8, 4) is 33.6 Å². The summed E-state index contributed by atoms with van der Waals surface area (Å²) in [7, 11) is 0. The Kier molecular flexibility index (Phi) is 8.13. The fourth-order valence-corrected chi connectivity index (χ4v) is 6.37. The Morgan fingerprint density at radius 3 is 2.00 bits per heavy atom. The van der Waals surface area contributed by atoms with Gasteiger partial charge in [0.05, 0.1) is 11.0 Å². The molecule has 58 heavy (non-hydrogen) atoms. The molecular weight excluding hydrogens is 906 g/mol. The number of hydrogen-bond acceptors (Lipinski definition) is 3. The van der Waals surface area contributed by atoms with Gasteiger partial charge in [0.15, 0.2) is 0 Å². The molecule has 299 valence electrons. The van der Waals surface area contributed by atoms with Crippen molar-refractivity contribution < 1.29 is 55.5 Å². The Balaban J connectivity index is 0.000000231. The Morgan fingerprint density at radius 2 is 1.31 bits per heavy atom. The van der Waals surface area contributed by atoms with Gasteiger partial charge in [0.25, 0.3) is 0 Å². The summed E-state index contributed by atoms with van der Waals surface area (Å²) in [5.74, 6) is 0. The van der Waals surface area contributed by atoms with Crippen molar-refractivity contribution in [3.05, 3.63) is 155 Å².